The molecule has 0 spiro atoms. The molecular weight excluding hydrogens is 266 g/mol. The van der Waals surface area contributed by atoms with Crippen molar-refractivity contribution in [2.75, 3.05) is 6.61 Å². The molecule has 4 nitrogen and oxygen atoms in total. The second kappa shape index (κ2) is 8.91. The normalized spacial score (nSPS) is 14.0. The summed E-state index contributed by atoms with van der Waals surface area (Å²) in [6.07, 6.45) is 6.19. The van der Waals surface area contributed by atoms with Gasteiger partial charge < -0.3 is 14.3 Å². The lowest BCUT2D eigenvalue weighted by molar-refractivity contribution is 0.0368. The van der Waals surface area contributed by atoms with Gasteiger partial charge in [-0.2, -0.15) is 0 Å². The predicted molar refractivity (Wildman–Crippen MR) is 84.8 cm³/mol. The lowest BCUT2D eigenvalue weighted by Crippen LogP contribution is -2.16. The van der Waals surface area contributed by atoms with Crippen LogP contribution in [-0.2, 0) is 4.84 Å². The standard InChI is InChI=1S/C17H23NO3/c1-6-13(3)18-21-15(5)12-19-16-8-10-17(11-9-16)20-14(4)7-2/h1,8-11,14-15H,7,12H2,2-5H3. The highest BCUT2D eigenvalue weighted by Crippen LogP contribution is 2.19. The average Bonchev–Trinajstić information content (AvgIpc) is 2.51. The SMILES string of the molecule is C#CC(C)=NOC(C)COc1ccc(OC(C)CC)cc1. The van der Waals surface area contributed by atoms with Crippen LogP contribution in [-0.4, -0.2) is 24.5 Å². The van der Waals surface area contributed by atoms with Crippen LogP contribution in [0, 0.1) is 12.3 Å². The summed E-state index contributed by atoms with van der Waals surface area (Å²) in [5, 5.41) is 3.79. The summed E-state index contributed by atoms with van der Waals surface area (Å²) in [5.41, 5.74) is 0.508. The summed E-state index contributed by atoms with van der Waals surface area (Å²) in [6.45, 7) is 8.11. The van der Waals surface area contributed by atoms with Crippen LogP contribution in [0.2, 0.25) is 0 Å². The van der Waals surface area contributed by atoms with Crippen molar-refractivity contribution in [1.29, 1.82) is 0 Å². The first-order valence-electron chi connectivity index (χ1n) is 7.11. The van der Waals surface area contributed by atoms with Gasteiger partial charge in [-0.1, -0.05) is 18.0 Å². The largest absolute Gasteiger partial charge is 0.491 e. The molecule has 114 valence electrons. The fraction of sp³-hybridized carbons (Fsp3) is 0.471. The molecule has 0 fully saturated rings. The number of ether oxygens (including phenoxy) is 2. The van der Waals surface area contributed by atoms with Gasteiger partial charge >= 0.3 is 0 Å². The zero-order chi connectivity index (χ0) is 15.7. The highest BCUT2D eigenvalue weighted by Gasteiger charge is 2.05. The molecule has 2 unspecified atom stereocenters. The Balaban J connectivity index is 2.40. The van der Waals surface area contributed by atoms with E-state index in [1.807, 2.05) is 38.1 Å². The number of terminal acetylenes is 1. The van der Waals surface area contributed by atoms with Crippen LogP contribution in [0.15, 0.2) is 29.4 Å². The van der Waals surface area contributed by atoms with E-state index in [0.29, 0.717) is 12.3 Å². The summed E-state index contributed by atoms with van der Waals surface area (Å²) in [5.74, 6) is 4.00. The van der Waals surface area contributed by atoms with Crippen molar-refractivity contribution in [1.82, 2.24) is 0 Å². The van der Waals surface area contributed by atoms with Gasteiger partial charge in [-0.15, -0.1) is 6.42 Å². The van der Waals surface area contributed by atoms with Crippen molar-refractivity contribution in [3.63, 3.8) is 0 Å². The van der Waals surface area contributed by atoms with Gasteiger partial charge in [-0.3, -0.25) is 0 Å². The fourth-order valence-electron chi connectivity index (χ4n) is 1.37. The van der Waals surface area contributed by atoms with Gasteiger partial charge in [-0.05, 0) is 51.5 Å². The minimum atomic E-state index is -0.177. The zero-order valence-corrected chi connectivity index (χ0v) is 13.1. The Hall–Kier alpha value is -2.15. The Bertz CT molecular complexity index is 488. The average molecular weight is 289 g/mol. The Morgan fingerprint density at radius 3 is 2.38 bits per heavy atom. The molecule has 0 aliphatic carbocycles. The van der Waals surface area contributed by atoms with E-state index >= 15 is 0 Å². The molecule has 0 aliphatic heterocycles. The summed E-state index contributed by atoms with van der Waals surface area (Å²) in [4.78, 5) is 5.20. The van der Waals surface area contributed by atoms with E-state index in [1.54, 1.807) is 6.92 Å². The van der Waals surface area contributed by atoms with E-state index in [-0.39, 0.29) is 12.2 Å². The first kappa shape index (κ1) is 16.9. The Labute approximate surface area is 127 Å². The van der Waals surface area contributed by atoms with Crippen LogP contribution in [0.5, 0.6) is 11.5 Å². The van der Waals surface area contributed by atoms with E-state index < -0.39 is 0 Å². The summed E-state index contributed by atoms with van der Waals surface area (Å²) in [7, 11) is 0. The highest BCUT2D eigenvalue weighted by molar-refractivity contribution is 5.97. The monoisotopic (exact) mass is 289 g/mol. The van der Waals surface area contributed by atoms with E-state index in [1.165, 1.54) is 0 Å². The first-order valence-corrected chi connectivity index (χ1v) is 7.11. The number of hydrogen-bond donors (Lipinski definition) is 0. The molecule has 0 saturated carbocycles. The molecule has 2 atom stereocenters. The molecule has 21 heavy (non-hydrogen) atoms. The van der Waals surface area contributed by atoms with Crippen molar-refractivity contribution in [3.05, 3.63) is 24.3 Å². The number of benzene rings is 1. The molecule has 0 amide bonds. The third-order valence-corrected chi connectivity index (χ3v) is 2.80. The third kappa shape index (κ3) is 6.71. The van der Waals surface area contributed by atoms with E-state index in [0.717, 1.165) is 17.9 Å². The maximum absolute atomic E-state index is 5.70. The van der Waals surface area contributed by atoms with Crippen LogP contribution in [0.25, 0.3) is 0 Å². The second-order valence-electron chi connectivity index (χ2n) is 4.86. The van der Waals surface area contributed by atoms with Gasteiger partial charge in [0, 0.05) is 0 Å². The predicted octanol–water partition coefficient (Wildman–Crippen LogP) is 3.66. The quantitative estimate of drug-likeness (QED) is 0.416. The van der Waals surface area contributed by atoms with Crippen LogP contribution >= 0.6 is 0 Å². The van der Waals surface area contributed by atoms with Crippen molar-refractivity contribution in [2.24, 2.45) is 5.16 Å². The van der Waals surface area contributed by atoms with E-state index in [4.69, 9.17) is 20.7 Å². The Morgan fingerprint density at radius 2 is 1.81 bits per heavy atom. The zero-order valence-electron chi connectivity index (χ0n) is 13.1. The van der Waals surface area contributed by atoms with Gasteiger partial charge in [0.25, 0.3) is 0 Å². The molecule has 0 N–H and O–H groups in total. The fourth-order valence-corrected chi connectivity index (χ4v) is 1.37. The molecule has 0 aliphatic rings. The van der Waals surface area contributed by atoms with Crippen molar-refractivity contribution in [2.45, 2.75) is 46.3 Å². The lowest BCUT2D eigenvalue weighted by atomic mass is 10.3. The van der Waals surface area contributed by atoms with Gasteiger partial charge in [0.2, 0.25) is 0 Å². The van der Waals surface area contributed by atoms with Crippen LogP contribution in [0.4, 0.5) is 0 Å². The van der Waals surface area contributed by atoms with Gasteiger partial charge in [-0.25, -0.2) is 0 Å². The summed E-state index contributed by atoms with van der Waals surface area (Å²) < 4.78 is 11.3. The van der Waals surface area contributed by atoms with Gasteiger partial charge in [0.15, 0.2) is 6.10 Å². The first-order chi connectivity index (χ1) is 10.0. The maximum Gasteiger partial charge on any atom is 0.158 e. The Kier molecular flexibility index (Phi) is 7.17. The second-order valence-corrected chi connectivity index (χ2v) is 4.86. The molecule has 1 rings (SSSR count). The molecule has 4 heteroatoms. The molecule has 0 saturated heterocycles. The van der Waals surface area contributed by atoms with Crippen LogP contribution < -0.4 is 9.47 Å². The van der Waals surface area contributed by atoms with Gasteiger partial charge in [0.1, 0.15) is 23.8 Å². The number of nitrogens with zero attached hydrogens (tertiary/aromatic N) is 1. The molecular formula is C17H23NO3. The smallest absolute Gasteiger partial charge is 0.158 e. The topological polar surface area (TPSA) is 40.0 Å². The summed E-state index contributed by atoms with van der Waals surface area (Å²) in [6, 6.07) is 7.54. The number of rotatable bonds is 8. The molecule has 1 aromatic carbocycles. The van der Waals surface area contributed by atoms with Crippen molar-refractivity contribution in [3.8, 4) is 23.8 Å². The highest BCUT2D eigenvalue weighted by atomic mass is 16.6. The molecule has 0 aromatic heterocycles. The van der Waals surface area contributed by atoms with E-state index in [2.05, 4.69) is 18.0 Å². The van der Waals surface area contributed by atoms with Crippen LogP contribution in [0.1, 0.15) is 34.1 Å². The number of hydrogen-bond acceptors (Lipinski definition) is 4. The minimum absolute atomic E-state index is 0.177. The maximum atomic E-state index is 5.70. The van der Waals surface area contributed by atoms with Crippen molar-refractivity contribution < 1.29 is 14.3 Å². The van der Waals surface area contributed by atoms with E-state index in [9.17, 15) is 0 Å². The molecule has 1 aromatic rings. The third-order valence-electron chi connectivity index (χ3n) is 2.80. The van der Waals surface area contributed by atoms with Gasteiger partial charge in [0.05, 0.1) is 6.10 Å². The van der Waals surface area contributed by atoms with Crippen molar-refractivity contribution >= 4 is 5.71 Å². The number of oxime groups is 1. The molecule has 0 bridgehead atoms. The lowest BCUT2D eigenvalue weighted by Gasteiger charge is -2.14. The molecule has 0 radical (unpaired) electrons. The van der Waals surface area contributed by atoms with Crippen LogP contribution in [0.3, 0.4) is 0 Å². The Morgan fingerprint density at radius 1 is 1.19 bits per heavy atom. The summed E-state index contributed by atoms with van der Waals surface area (Å²) >= 11 is 0. The minimum Gasteiger partial charge on any atom is -0.491 e. The molecule has 0 heterocycles.